The molecule has 0 aliphatic carbocycles. The first-order valence-electron chi connectivity index (χ1n) is 5.00. The molecule has 0 aliphatic heterocycles. The van der Waals surface area contributed by atoms with Crippen molar-refractivity contribution in [3.63, 3.8) is 0 Å². The summed E-state index contributed by atoms with van der Waals surface area (Å²) in [6, 6.07) is 4.47. The number of alkyl halides is 3. The number of rotatable bonds is 2. The Kier molecular flexibility index (Phi) is 4.05. The van der Waals surface area contributed by atoms with Crippen LogP contribution in [0.25, 0.3) is 0 Å². The molecular formula is C11H13F3N2O2. The number of anilines is 1. The SMILES string of the molecule is COC(=O)N(C)N(C)c1ccc(C(F)(F)F)cc1. The molecule has 0 N–H and O–H groups in total. The van der Waals surface area contributed by atoms with Crippen molar-refractivity contribution < 1.29 is 22.7 Å². The second-order valence-corrected chi connectivity index (χ2v) is 3.56. The lowest BCUT2D eigenvalue weighted by atomic mass is 10.2. The van der Waals surface area contributed by atoms with Gasteiger partial charge in [-0.05, 0) is 24.3 Å². The van der Waals surface area contributed by atoms with Gasteiger partial charge in [-0.3, -0.25) is 5.01 Å². The molecule has 1 amide bonds. The maximum absolute atomic E-state index is 12.4. The van der Waals surface area contributed by atoms with Crippen molar-refractivity contribution in [3.8, 4) is 0 Å². The number of amides is 1. The van der Waals surface area contributed by atoms with Gasteiger partial charge in [-0.1, -0.05) is 0 Å². The smallest absolute Gasteiger partial charge is 0.428 e. The predicted octanol–water partition coefficient (Wildman–Crippen LogP) is 2.75. The van der Waals surface area contributed by atoms with Gasteiger partial charge in [0.05, 0.1) is 18.4 Å². The van der Waals surface area contributed by atoms with Gasteiger partial charge in [-0.2, -0.15) is 13.2 Å². The first-order chi connectivity index (χ1) is 8.27. The van der Waals surface area contributed by atoms with Crippen LogP contribution in [0.5, 0.6) is 0 Å². The molecule has 18 heavy (non-hydrogen) atoms. The molecule has 0 bridgehead atoms. The van der Waals surface area contributed by atoms with Crippen LogP contribution in [0.3, 0.4) is 0 Å². The first kappa shape index (κ1) is 14.1. The fourth-order valence-corrected chi connectivity index (χ4v) is 1.29. The lowest BCUT2D eigenvalue weighted by molar-refractivity contribution is -0.137. The highest BCUT2D eigenvalue weighted by atomic mass is 19.4. The zero-order valence-electron chi connectivity index (χ0n) is 10.2. The summed E-state index contributed by atoms with van der Waals surface area (Å²) >= 11 is 0. The maximum atomic E-state index is 12.4. The van der Waals surface area contributed by atoms with E-state index < -0.39 is 17.8 Å². The Morgan fingerprint density at radius 2 is 1.67 bits per heavy atom. The number of methoxy groups -OCH3 is 1. The molecular weight excluding hydrogens is 249 g/mol. The number of nitrogens with zero attached hydrogens (tertiary/aromatic N) is 2. The maximum Gasteiger partial charge on any atom is 0.428 e. The van der Waals surface area contributed by atoms with E-state index in [1.165, 1.54) is 31.3 Å². The average Bonchev–Trinajstić information content (AvgIpc) is 2.35. The van der Waals surface area contributed by atoms with E-state index in [0.717, 1.165) is 17.1 Å². The molecule has 100 valence electrons. The number of ether oxygens (including phenoxy) is 1. The lowest BCUT2D eigenvalue weighted by Crippen LogP contribution is -2.41. The molecule has 0 atom stereocenters. The molecule has 4 nitrogen and oxygen atoms in total. The summed E-state index contributed by atoms with van der Waals surface area (Å²) in [4.78, 5) is 11.2. The molecule has 0 aliphatic rings. The summed E-state index contributed by atoms with van der Waals surface area (Å²) in [5.41, 5.74) is -0.295. The standard InChI is InChI=1S/C11H13F3N2O2/c1-15(16(2)10(17)18-3)9-6-4-8(5-7-9)11(12,13)14/h4-7H,1-3H3. The highest BCUT2D eigenvalue weighted by Crippen LogP contribution is 2.30. The van der Waals surface area contributed by atoms with Crippen molar-refractivity contribution in [1.29, 1.82) is 0 Å². The third-order valence-electron chi connectivity index (χ3n) is 2.46. The molecule has 0 aromatic heterocycles. The highest BCUT2D eigenvalue weighted by Gasteiger charge is 2.30. The van der Waals surface area contributed by atoms with E-state index in [-0.39, 0.29) is 0 Å². The van der Waals surface area contributed by atoms with E-state index >= 15 is 0 Å². The quantitative estimate of drug-likeness (QED) is 0.768. The average molecular weight is 262 g/mol. The largest absolute Gasteiger partial charge is 0.452 e. The van der Waals surface area contributed by atoms with Crippen LogP contribution in [-0.2, 0) is 10.9 Å². The van der Waals surface area contributed by atoms with Crippen molar-refractivity contribution in [2.45, 2.75) is 6.18 Å². The fourth-order valence-electron chi connectivity index (χ4n) is 1.29. The van der Waals surface area contributed by atoms with E-state index in [0.29, 0.717) is 5.69 Å². The lowest BCUT2D eigenvalue weighted by Gasteiger charge is -2.28. The summed E-state index contributed by atoms with van der Waals surface area (Å²) < 4.78 is 41.6. The molecule has 0 fully saturated rings. The van der Waals surface area contributed by atoms with Gasteiger partial charge in [0.2, 0.25) is 0 Å². The van der Waals surface area contributed by atoms with Crippen LogP contribution >= 0.6 is 0 Å². The Bertz CT molecular complexity index is 417. The van der Waals surface area contributed by atoms with E-state index in [2.05, 4.69) is 4.74 Å². The first-order valence-corrected chi connectivity index (χ1v) is 5.00. The molecule has 0 unspecified atom stereocenters. The molecule has 1 aromatic rings. The van der Waals surface area contributed by atoms with Gasteiger partial charge in [-0.25, -0.2) is 9.80 Å². The zero-order valence-corrected chi connectivity index (χ0v) is 10.2. The molecule has 0 spiro atoms. The predicted molar refractivity (Wildman–Crippen MR) is 60.0 cm³/mol. The minimum Gasteiger partial charge on any atom is -0.452 e. The van der Waals surface area contributed by atoms with Gasteiger partial charge < -0.3 is 4.74 Å². The van der Waals surface area contributed by atoms with Crippen molar-refractivity contribution in [3.05, 3.63) is 29.8 Å². The third kappa shape index (κ3) is 3.06. The summed E-state index contributed by atoms with van der Waals surface area (Å²) in [6.07, 6.45) is -4.98. The summed E-state index contributed by atoms with van der Waals surface area (Å²) in [7, 11) is 4.21. The molecule has 7 heteroatoms. The Balaban J connectivity index is 2.89. The monoisotopic (exact) mass is 262 g/mol. The van der Waals surface area contributed by atoms with Crippen LogP contribution in [0.2, 0.25) is 0 Å². The molecule has 1 aromatic carbocycles. The summed E-state index contributed by atoms with van der Waals surface area (Å²) in [6.45, 7) is 0. The number of carbonyl (C=O) groups excluding carboxylic acids is 1. The Morgan fingerprint density at radius 1 is 1.17 bits per heavy atom. The second kappa shape index (κ2) is 5.16. The number of hydrogen-bond donors (Lipinski definition) is 0. The zero-order chi connectivity index (χ0) is 13.9. The summed E-state index contributed by atoms with van der Waals surface area (Å²) in [5, 5.41) is 2.52. The number of hydrogen-bond acceptors (Lipinski definition) is 3. The molecule has 0 heterocycles. The molecule has 1 rings (SSSR count). The minimum absolute atomic E-state index is 0.441. The number of carbonyl (C=O) groups is 1. The van der Waals surface area contributed by atoms with Crippen molar-refractivity contribution in [2.24, 2.45) is 0 Å². The van der Waals surface area contributed by atoms with E-state index in [4.69, 9.17) is 0 Å². The Labute approximate surface area is 103 Å². The second-order valence-electron chi connectivity index (χ2n) is 3.56. The third-order valence-corrected chi connectivity index (χ3v) is 2.46. The Hall–Kier alpha value is -1.92. The van der Waals surface area contributed by atoms with Crippen LogP contribution in [0.15, 0.2) is 24.3 Å². The highest BCUT2D eigenvalue weighted by molar-refractivity contribution is 5.69. The van der Waals surface area contributed by atoms with Crippen molar-refractivity contribution in [1.82, 2.24) is 5.01 Å². The topological polar surface area (TPSA) is 32.8 Å². The van der Waals surface area contributed by atoms with Gasteiger partial charge in [0.1, 0.15) is 0 Å². The van der Waals surface area contributed by atoms with E-state index in [1.807, 2.05) is 0 Å². The number of hydrazine groups is 1. The number of halogens is 3. The van der Waals surface area contributed by atoms with Crippen LogP contribution in [0, 0.1) is 0 Å². The Morgan fingerprint density at radius 3 is 2.06 bits per heavy atom. The molecule has 0 radical (unpaired) electrons. The van der Waals surface area contributed by atoms with Crippen molar-refractivity contribution in [2.75, 3.05) is 26.2 Å². The van der Waals surface area contributed by atoms with Crippen LogP contribution in [0.4, 0.5) is 23.7 Å². The minimum atomic E-state index is -4.37. The van der Waals surface area contributed by atoms with E-state index in [1.54, 1.807) is 7.05 Å². The molecule has 0 saturated heterocycles. The fraction of sp³-hybridized carbons (Fsp3) is 0.364. The van der Waals surface area contributed by atoms with Gasteiger partial charge in [0.15, 0.2) is 0 Å². The molecule has 0 saturated carbocycles. The van der Waals surface area contributed by atoms with Crippen LogP contribution in [-0.4, -0.2) is 32.3 Å². The van der Waals surface area contributed by atoms with Crippen molar-refractivity contribution >= 4 is 11.8 Å². The van der Waals surface area contributed by atoms with E-state index in [9.17, 15) is 18.0 Å². The van der Waals surface area contributed by atoms with Crippen LogP contribution in [0.1, 0.15) is 5.56 Å². The number of benzene rings is 1. The van der Waals surface area contributed by atoms with Gasteiger partial charge >= 0.3 is 12.3 Å². The van der Waals surface area contributed by atoms with Gasteiger partial charge in [-0.15, -0.1) is 0 Å². The summed E-state index contributed by atoms with van der Waals surface area (Å²) in [5.74, 6) is 0. The normalized spacial score (nSPS) is 11.0. The van der Waals surface area contributed by atoms with Gasteiger partial charge in [0, 0.05) is 14.1 Å². The van der Waals surface area contributed by atoms with Gasteiger partial charge in [0.25, 0.3) is 0 Å². The van der Waals surface area contributed by atoms with Crippen LogP contribution < -0.4 is 5.01 Å².